The Morgan fingerprint density at radius 3 is 2.18 bits per heavy atom. The average Bonchev–Trinajstić information content (AvgIpc) is 3.43. The van der Waals surface area contributed by atoms with Crippen LogP contribution in [0.1, 0.15) is 24.1 Å². The average molecular weight is 514 g/mol. The first-order valence-corrected chi connectivity index (χ1v) is 12.6. The Hall–Kier alpha value is -4.17. The lowest BCUT2D eigenvalue weighted by Gasteiger charge is -2.33. The van der Waals surface area contributed by atoms with Gasteiger partial charge in [-0.15, -0.1) is 0 Å². The van der Waals surface area contributed by atoms with Crippen LogP contribution in [0.5, 0.6) is 5.75 Å². The van der Waals surface area contributed by atoms with Gasteiger partial charge in [0.25, 0.3) is 0 Å². The van der Waals surface area contributed by atoms with E-state index in [1.165, 1.54) is 12.0 Å². The summed E-state index contributed by atoms with van der Waals surface area (Å²) in [6.07, 6.45) is 0. The number of amides is 2. The summed E-state index contributed by atoms with van der Waals surface area (Å²) in [5.74, 6) is -2.60. The summed E-state index contributed by atoms with van der Waals surface area (Å²) in [5, 5.41) is 3.42. The first-order valence-electron chi connectivity index (χ1n) is 12.6. The number of benzene rings is 3. The molecule has 8 nitrogen and oxygen atoms in total. The van der Waals surface area contributed by atoms with E-state index in [4.69, 9.17) is 9.47 Å². The molecule has 0 spiro atoms. The third-order valence-electron chi connectivity index (χ3n) is 7.47. The molecule has 2 fully saturated rings. The smallest absolute Gasteiger partial charge is 0.331 e. The summed E-state index contributed by atoms with van der Waals surface area (Å²) in [5.41, 5.74) is 1.27. The van der Waals surface area contributed by atoms with Crippen LogP contribution >= 0.6 is 0 Å². The molecule has 0 saturated carbocycles. The van der Waals surface area contributed by atoms with Crippen LogP contribution in [0.25, 0.3) is 0 Å². The van der Waals surface area contributed by atoms with Crippen molar-refractivity contribution in [1.82, 2.24) is 5.32 Å². The molecule has 0 aliphatic carbocycles. The highest BCUT2D eigenvalue weighted by Crippen LogP contribution is 2.54. The third-order valence-corrected chi connectivity index (χ3v) is 7.47. The Kier molecular flexibility index (Phi) is 6.67. The first-order chi connectivity index (χ1) is 18.3. The van der Waals surface area contributed by atoms with Crippen LogP contribution in [-0.2, 0) is 24.7 Å². The quantitative estimate of drug-likeness (QED) is 0.381. The van der Waals surface area contributed by atoms with Gasteiger partial charge in [0.1, 0.15) is 5.75 Å². The highest BCUT2D eigenvalue weighted by Gasteiger charge is 2.69. The minimum absolute atomic E-state index is 0.361. The van der Waals surface area contributed by atoms with E-state index in [1.807, 2.05) is 56.3 Å². The van der Waals surface area contributed by atoms with Gasteiger partial charge in [0.05, 0.1) is 31.2 Å². The summed E-state index contributed by atoms with van der Waals surface area (Å²) < 4.78 is 10.8. The number of imide groups is 1. The minimum Gasteiger partial charge on any atom is -0.494 e. The van der Waals surface area contributed by atoms with Crippen molar-refractivity contribution < 1.29 is 23.9 Å². The molecule has 2 heterocycles. The Morgan fingerprint density at radius 1 is 0.947 bits per heavy atom. The highest BCUT2D eigenvalue weighted by molar-refractivity contribution is 6.24. The zero-order chi connectivity index (χ0) is 27.0. The van der Waals surface area contributed by atoms with Crippen LogP contribution in [0.2, 0.25) is 0 Å². The van der Waals surface area contributed by atoms with Gasteiger partial charge in [-0.05, 0) is 54.4 Å². The van der Waals surface area contributed by atoms with Gasteiger partial charge >= 0.3 is 5.97 Å². The van der Waals surface area contributed by atoms with E-state index in [2.05, 4.69) is 5.32 Å². The van der Waals surface area contributed by atoms with E-state index in [-0.39, 0.29) is 5.91 Å². The SMILES string of the molecule is CCOc1ccc(N2C(=O)[C@@H]3[C@@H](C2=O)[C@@](C(=O)OC)(c2ccccc2)N[C@H]3c2ccc(N(C)C)cc2)cc1. The second-order valence-corrected chi connectivity index (χ2v) is 9.72. The first kappa shape index (κ1) is 25.5. The number of nitrogens with one attached hydrogen (secondary N) is 1. The van der Waals surface area contributed by atoms with E-state index in [0.29, 0.717) is 23.6 Å². The number of rotatable bonds is 7. The maximum atomic E-state index is 14.2. The summed E-state index contributed by atoms with van der Waals surface area (Å²) in [6, 6.07) is 23.1. The van der Waals surface area contributed by atoms with Gasteiger partial charge in [-0.2, -0.15) is 0 Å². The van der Waals surface area contributed by atoms with Crippen LogP contribution in [-0.4, -0.2) is 45.6 Å². The molecular formula is C30H31N3O5. The lowest BCUT2D eigenvalue weighted by molar-refractivity contribution is -0.152. The topological polar surface area (TPSA) is 88.2 Å². The van der Waals surface area contributed by atoms with Gasteiger partial charge < -0.3 is 14.4 Å². The summed E-state index contributed by atoms with van der Waals surface area (Å²) in [6.45, 7) is 2.39. The zero-order valence-corrected chi connectivity index (χ0v) is 21.9. The molecule has 2 amide bonds. The van der Waals surface area contributed by atoms with Gasteiger partial charge in [0.2, 0.25) is 11.8 Å². The molecule has 2 aliphatic heterocycles. The van der Waals surface area contributed by atoms with Crippen molar-refractivity contribution in [3.8, 4) is 5.75 Å². The molecule has 0 bridgehead atoms. The van der Waals surface area contributed by atoms with Crippen LogP contribution in [0.15, 0.2) is 78.9 Å². The number of fused-ring (bicyclic) bond motifs is 1. The van der Waals surface area contributed by atoms with Crippen molar-refractivity contribution in [3.05, 3.63) is 90.0 Å². The molecule has 2 saturated heterocycles. The number of carbonyl (C=O) groups is 3. The number of ether oxygens (including phenoxy) is 2. The van der Waals surface area contributed by atoms with Gasteiger partial charge in [0, 0.05) is 25.8 Å². The lowest BCUT2D eigenvalue weighted by atomic mass is 9.75. The third kappa shape index (κ3) is 3.92. The number of hydrogen-bond donors (Lipinski definition) is 1. The van der Waals surface area contributed by atoms with Crippen LogP contribution in [0.3, 0.4) is 0 Å². The van der Waals surface area contributed by atoms with Crippen molar-refractivity contribution in [1.29, 1.82) is 0 Å². The van der Waals surface area contributed by atoms with E-state index in [0.717, 1.165) is 11.3 Å². The van der Waals surface area contributed by atoms with Crippen LogP contribution in [0, 0.1) is 11.8 Å². The largest absolute Gasteiger partial charge is 0.494 e. The molecule has 5 rings (SSSR count). The maximum Gasteiger partial charge on any atom is 0.331 e. The number of nitrogens with zero attached hydrogens (tertiary/aromatic N) is 2. The number of anilines is 2. The number of carbonyl (C=O) groups excluding carboxylic acids is 3. The molecule has 1 N–H and O–H groups in total. The minimum atomic E-state index is -1.54. The molecule has 38 heavy (non-hydrogen) atoms. The highest BCUT2D eigenvalue weighted by atomic mass is 16.5. The predicted molar refractivity (Wildman–Crippen MR) is 144 cm³/mol. The van der Waals surface area contributed by atoms with Crippen LogP contribution in [0.4, 0.5) is 11.4 Å². The monoisotopic (exact) mass is 513 g/mol. The molecule has 0 radical (unpaired) electrons. The molecule has 2 aliphatic rings. The predicted octanol–water partition coefficient (Wildman–Crippen LogP) is 3.67. The molecule has 8 heteroatoms. The van der Waals surface area contributed by atoms with Gasteiger partial charge in [-0.25, -0.2) is 9.69 Å². The second-order valence-electron chi connectivity index (χ2n) is 9.72. The fourth-order valence-electron chi connectivity index (χ4n) is 5.72. The van der Waals surface area contributed by atoms with E-state index in [1.54, 1.807) is 48.5 Å². The molecule has 196 valence electrons. The van der Waals surface area contributed by atoms with E-state index in [9.17, 15) is 14.4 Å². The molecule has 3 aromatic rings. The Balaban J connectivity index is 1.66. The molecular weight excluding hydrogens is 482 g/mol. The van der Waals surface area contributed by atoms with Gasteiger partial charge in [-0.3, -0.25) is 14.9 Å². The van der Waals surface area contributed by atoms with E-state index < -0.39 is 35.3 Å². The molecule has 4 atom stereocenters. The van der Waals surface area contributed by atoms with Crippen molar-refractivity contribution >= 4 is 29.2 Å². The lowest BCUT2D eigenvalue weighted by Crippen LogP contribution is -2.53. The summed E-state index contributed by atoms with van der Waals surface area (Å²) in [7, 11) is 5.20. The Bertz CT molecular complexity index is 1340. The Morgan fingerprint density at radius 2 is 1.61 bits per heavy atom. The fourth-order valence-corrected chi connectivity index (χ4v) is 5.72. The number of methoxy groups -OCH3 is 1. The van der Waals surface area contributed by atoms with Gasteiger partial charge in [0.15, 0.2) is 5.54 Å². The van der Waals surface area contributed by atoms with Crippen molar-refractivity contribution in [3.63, 3.8) is 0 Å². The van der Waals surface area contributed by atoms with Gasteiger partial charge in [-0.1, -0.05) is 42.5 Å². The standard InChI is InChI=1S/C30H31N3O5/c1-5-38-23-17-15-22(16-18-23)33-27(34)24-25(28(33)35)30(29(36)37-4,20-9-7-6-8-10-20)31-26(24)19-11-13-21(14-12-19)32(2)3/h6-18,24-26,31H,5H2,1-4H3/t24-,25+,26+,30-/m1/s1. The Labute approximate surface area is 222 Å². The maximum absolute atomic E-state index is 14.2. The fraction of sp³-hybridized carbons (Fsp3) is 0.300. The van der Waals surface area contributed by atoms with Crippen molar-refractivity contribution in [2.75, 3.05) is 37.6 Å². The van der Waals surface area contributed by atoms with Crippen molar-refractivity contribution in [2.24, 2.45) is 11.8 Å². The number of hydrogen-bond acceptors (Lipinski definition) is 7. The molecule has 3 aromatic carbocycles. The molecule has 0 aromatic heterocycles. The summed E-state index contributed by atoms with van der Waals surface area (Å²) >= 11 is 0. The van der Waals surface area contributed by atoms with Crippen LogP contribution < -0.4 is 19.9 Å². The van der Waals surface area contributed by atoms with Crippen molar-refractivity contribution in [2.45, 2.75) is 18.5 Å². The normalized spacial score (nSPS) is 24.3. The zero-order valence-electron chi connectivity index (χ0n) is 21.9. The number of esters is 1. The second kappa shape index (κ2) is 9.95. The molecule has 0 unspecified atom stereocenters. The summed E-state index contributed by atoms with van der Waals surface area (Å²) in [4.78, 5) is 45.0. The van der Waals surface area contributed by atoms with E-state index >= 15 is 0 Å².